The van der Waals surface area contributed by atoms with E-state index in [1.54, 1.807) is 0 Å². The van der Waals surface area contributed by atoms with Crippen molar-refractivity contribution in [3.63, 3.8) is 0 Å². The highest BCUT2D eigenvalue weighted by Crippen LogP contribution is 2.40. The standard InChI is InChI=1S/C11H22.2C2H6/c1-9(2)10-5-7-11(3,4)8-6-10;2*1-2/h9-10H,5-8H2,1-4H3;2*1-2H3. The van der Waals surface area contributed by atoms with Crippen molar-refractivity contribution < 1.29 is 0 Å². The van der Waals surface area contributed by atoms with Gasteiger partial charge in [0.2, 0.25) is 0 Å². The van der Waals surface area contributed by atoms with Gasteiger partial charge in [0, 0.05) is 0 Å². The van der Waals surface area contributed by atoms with E-state index in [1.165, 1.54) is 25.7 Å². The second-order valence-electron chi connectivity index (χ2n) is 5.25. The topological polar surface area (TPSA) is 0 Å². The average molecular weight is 214 g/mol. The molecule has 0 unspecified atom stereocenters. The van der Waals surface area contributed by atoms with Crippen molar-refractivity contribution in [1.82, 2.24) is 0 Å². The first-order valence-corrected chi connectivity index (χ1v) is 7.01. The molecule has 1 aliphatic carbocycles. The normalized spacial score (nSPS) is 19.8. The van der Waals surface area contributed by atoms with Crippen LogP contribution in [0.1, 0.15) is 81.1 Å². The minimum atomic E-state index is 0.644. The molecular formula is C15H34. The van der Waals surface area contributed by atoms with Crippen LogP contribution in [0, 0.1) is 17.3 Å². The first kappa shape index (κ1) is 17.4. The Hall–Kier alpha value is 0. The highest BCUT2D eigenvalue weighted by molar-refractivity contribution is 4.79. The van der Waals surface area contributed by atoms with Crippen LogP contribution in [0.4, 0.5) is 0 Å². The Balaban J connectivity index is 0. The van der Waals surface area contributed by atoms with Crippen molar-refractivity contribution in [1.29, 1.82) is 0 Å². The molecule has 0 amide bonds. The molecule has 0 saturated heterocycles. The molecule has 1 rings (SSSR count). The van der Waals surface area contributed by atoms with Gasteiger partial charge in [-0.3, -0.25) is 0 Å². The summed E-state index contributed by atoms with van der Waals surface area (Å²) < 4.78 is 0. The minimum Gasteiger partial charge on any atom is -0.0683 e. The lowest BCUT2D eigenvalue weighted by atomic mass is 9.70. The maximum Gasteiger partial charge on any atom is -0.0354 e. The second-order valence-corrected chi connectivity index (χ2v) is 5.25. The van der Waals surface area contributed by atoms with Gasteiger partial charge in [-0.2, -0.15) is 0 Å². The molecular weight excluding hydrogens is 180 g/mol. The van der Waals surface area contributed by atoms with Crippen LogP contribution >= 0.6 is 0 Å². The summed E-state index contributed by atoms with van der Waals surface area (Å²) in [5.74, 6) is 1.93. The number of hydrogen-bond acceptors (Lipinski definition) is 0. The molecule has 0 N–H and O–H groups in total. The Morgan fingerprint density at radius 1 is 0.867 bits per heavy atom. The van der Waals surface area contributed by atoms with Gasteiger partial charge < -0.3 is 0 Å². The number of hydrogen-bond donors (Lipinski definition) is 0. The lowest BCUT2D eigenvalue weighted by molar-refractivity contribution is 0.161. The molecule has 15 heavy (non-hydrogen) atoms. The van der Waals surface area contributed by atoms with Crippen LogP contribution in [0.25, 0.3) is 0 Å². The molecule has 0 aromatic carbocycles. The van der Waals surface area contributed by atoms with Crippen molar-refractivity contribution in [3.05, 3.63) is 0 Å². The summed E-state index contributed by atoms with van der Waals surface area (Å²) in [5, 5.41) is 0. The van der Waals surface area contributed by atoms with Gasteiger partial charge in [0.1, 0.15) is 0 Å². The molecule has 0 atom stereocenters. The molecule has 0 aromatic heterocycles. The third-order valence-corrected chi connectivity index (χ3v) is 3.33. The van der Waals surface area contributed by atoms with E-state index < -0.39 is 0 Å². The van der Waals surface area contributed by atoms with Gasteiger partial charge in [0.25, 0.3) is 0 Å². The fraction of sp³-hybridized carbons (Fsp3) is 1.00. The smallest absolute Gasteiger partial charge is 0.0354 e. The van der Waals surface area contributed by atoms with Gasteiger partial charge in [0.15, 0.2) is 0 Å². The van der Waals surface area contributed by atoms with Crippen LogP contribution in [0.2, 0.25) is 0 Å². The largest absolute Gasteiger partial charge is 0.0683 e. The van der Waals surface area contributed by atoms with Crippen LogP contribution in [0.5, 0.6) is 0 Å². The Bertz CT molecular complexity index is 112. The minimum absolute atomic E-state index is 0.644. The summed E-state index contributed by atoms with van der Waals surface area (Å²) >= 11 is 0. The zero-order chi connectivity index (χ0) is 12.5. The Morgan fingerprint density at radius 3 is 1.47 bits per heavy atom. The lowest BCUT2D eigenvalue weighted by Crippen LogP contribution is -2.23. The zero-order valence-electron chi connectivity index (χ0n) is 12.5. The fourth-order valence-corrected chi connectivity index (χ4v) is 2.09. The maximum absolute atomic E-state index is 2.41. The molecule has 0 bridgehead atoms. The molecule has 0 spiro atoms. The first-order valence-electron chi connectivity index (χ1n) is 7.01. The highest BCUT2D eigenvalue weighted by Gasteiger charge is 2.27. The quantitative estimate of drug-likeness (QED) is 0.509. The van der Waals surface area contributed by atoms with E-state index in [9.17, 15) is 0 Å². The second kappa shape index (κ2) is 9.24. The summed E-state index contributed by atoms with van der Waals surface area (Å²) in [6.45, 7) is 17.5. The molecule has 0 radical (unpaired) electrons. The van der Waals surface area contributed by atoms with Crippen molar-refractivity contribution >= 4 is 0 Å². The summed E-state index contributed by atoms with van der Waals surface area (Å²) in [6.07, 6.45) is 5.81. The molecule has 1 aliphatic rings. The first-order chi connectivity index (χ1) is 7.01. The SMILES string of the molecule is CC.CC.CC(C)C1CCC(C)(C)CC1. The van der Waals surface area contributed by atoms with E-state index in [0.717, 1.165) is 11.8 Å². The van der Waals surface area contributed by atoms with E-state index in [4.69, 9.17) is 0 Å². The summed E-state index contributed by atoms with van der Waals surface area (Å²) in [6, 6.07) is 0. The molecule has 1 fully saturated rings. The Kier molecular flexibility index (Phi) is 10.7. The highest BCUT2D eigenvalue weighted by atomic mass is 14.3. The van der Waals surface area contributed by atoms with Gasteiger partial charge >= 0.3 is 0 Å². The van der Waals surface area contributed by atoms with Crippen molar-refractivity contribution in [3.8, 4) is 0 Å². The molecule has 0 heteroatoms. The third-order valence-electron chi connectivity index (χ3n) is 3.33. The Morgan fingerprint density at radius 2 is 1.20 bits per heavy atom. The monoisotopic (exact) mass is 214 g/mol. The molecule has 0 heterocycles. The van der Waals surface area contributed by atoms with Crippen LogP contribution in [0.15, 0.2) is 0 Å². The van der Waals surface area contributed by atoms with E-state index in [2.05, 4.69) is 27.7 Å². The molecule has 0 aliphatic heterocycles. The number of rotatable bonds is 1. The van der Waals surface area contributed by atoms with E-state index in [1.807, 2.05) is 27.7 Å². The predicted octanol–water partition coefficient (Wildman–Crippen LogP) is 5.91. The van der Waals surface area contributed by atoms with Gasteiger partial charge in [0.05, 0.1) is 0 Å². The summed E-state index contributed by atoms with van der Waals surface area (Å²) in [4.78, 5) is 0. The lowest BCUT2D eigenvalue weighted by Gasteiger charge is -2.36. The molecule has 94 valence electrons. The van der Waals surface area contributed by atoms with Crippen LogP contribution in [-0.2, 0) is 0 Å². The van der Waals surface area contributed by atoms with Crippen molar-refractivity contribution in [2.75, 3.05) is 0 Å². The van der Waals surface area contributed by atoms with Crippen LogP contribution in [-0.4, -0.2) is 0 Å². The Labute approximate surface area is 98.9 Å². The third kappa shape index (κ3) is 7.88. The van der Waals surface area contributed by atoms with Crippen LogP contribution < -0.4 is 0 Å². The maximum atomic E-state index is 2.41. The predicted molar refractivity (Wildman–Crippen MR) is 73.3 cm³/mol. The molecule has 0 nitrogen and oxygen atoms in total. The summed E-state index contributed by atoms with van der Waals surface area (Å²) in [7, 11) is 0. The van der Waals surface area contributed by atoms with Gasteiger partial charge in [-0.1, -0.05) is 55.4 Å². The van der Waals surface area contributed by atoms with Gasteiger partial charge in [-0.15, -0.1) is 0 Å². The molecule has 0 aromatic rings. The van der Waals surface area contributed by atoms with Gasteiger partial charge in [-0.25, -0.2) is 0 Å². The average Bonchev–Trinajstić information content (AvgIpc) is 2.23. The van der Waals surface area contributed by atoms with Crippen molar-refractivity contribution in [2.45, 2.75) is 81.1 Å². The van der Waals surface area contributed by atoms with Crippen molar-refractivity contribution in [2.24, 2.45) is 17.3 Å². The molecule has 1 saturated carbocycles. The van der Waals surface area contributed by atoms with E-state index in [-0.39, 0.29) is 0 Å². The van der Waals surface area contributed by atoms with E-state index >= 15 is 0 Å². The summed E-state index contributed by atoms with van der Waals surface area (Å²) in [5.41, 5.74) is 0.644. The van der Waals surface area contributed by atoms with Crippen LogP contribution in [0.3, 0.4) is 0 Å². The zero-order valence-corrected chi connectivity index (χ0v) is 12.5. The van der Waals surface area contributed by atoms with E-state index in [0.29, 0.717) is 5.41 Å². The fourth-order valence-electron chi connectivity index (χ4n) is 2.09. The van der Waals surface area contributed by atoms with Gasteiger partial charge in [-0.05, 0) is 42.9 Å².